The Morgan fingerprint density at radius 1 is 1.11 bits per heavy atom. The van der Waals surface area contributed by atoms with E-state index in [1.54, 1.807) is 24.3 Å². The zero-order chi connectivity index (χ0) is 12.8. The first-order valence-electron chi connectivity index (χ1n) is 6.45. The van der Waals surface area contributed by atoms with Crippen LogP contribution >= 0.6 is 0 Å². The maximum Gasteiger partial charge on any atom is 0.240 e. The third-order valence-corrected chi connectivity index (χ3v) is 4.67. The Kier molecular flexibility index (Phi) is 4.74. The molecule has 1 aromatic carbocycles. The van der Waals surface area contributed by atoms with Gasteiger partial charge in [-0.1, -0.05) is 18.2 Å². The summed E-state index contributed by atoms with van der Waals surface area (Å²) in [6.07, 6.45) is 3.41. The normalized spacial score (nSPS) is 17.1. The minimum absolute atomic E-state index is 0.339. The van der Waals surface area contributed by atoms with Crippen LogP contribution in [0.3, 0.4) is 0 Å². The quantitative estimate of drug-likeness (QED) is 0.795. The molecule has 0 amide bonds. The number of hydrogen-bond acceptors (Lipinski definition) is 3. The molecule has 1 N–H and O–H groups in total. The predicted molar refractivity (Wildman–Crippen MR) is 71.9 cm³/mol. The molecule has 1 aliphatic heterocycles. The highest BCUT2D eigenvalue weighted by atomic mass is 32.2. The molecule has 1 aromatic rings. The van der Waals surface area contributed by atoms with E-state index < -0.39 is 10.0 Å². The first-order valence-corrected chi connectivity index (χ1v) is 7.94. The van der Waals surface area contributed by atoms with Crippen molar-refractivity contribution < 1.29 is 8.42 Å². The molecule has 0 spiro atoms. The van der Waals surface area contributed by atoms with Crippen LogP contribution in [-0.2, 0) is 10.0 Å². The fourth-order valence-corrected chi connectivity index (χ4v) is 3.29. The molecule has 2 rings (SSSR count). The summed E-state index contributed by atoms with van der Waals surface area (Å²) in [5, 5.41) is 0. The van der Waals surface area contributed by atoms with E-state index in [4.69, 9.17) is 0 Å². The van der Waals surface area contributed by atoms with Crippen molar-refractivity contribution in [3.8, 4) is 0 Å². The molecule has 0 atom stereocenters. The fraction of sp³-hybridized carbons (Fsp3) is 0.538. The summed E-state index contributed by atoms with van der Waals surface area (Å²) >= 11 is 0. The maximum absolute atomic E-state index is 11.9. The summed E-state index contributed by atoms with van der Waals surface area (Å²) in [6.45, 7) is 3.81. The van der Waals surface area contributed by atoms with Gasteiger partial charge in [-0.3, -0.25) is 0 Å². The summed E-state index contributed by atoms with van der Waals surface area (Å²) in [4.78, 5) is 2.72. The van der Waals surface area contributed by atoms with Gasteiger partial charge in [-0.25, -0.2) is 13.1 Å². The molecule has 0 saturated carbocycles. The van der Waals surface area contributed by atoms with Crippen LogP contribution in [-0.4, -0.2) is 39.5 Å². The maximum atomic E-state index is 11.9. The number of benzene rings is 1. The summed E-state index contributed by atoms with van der Waals surface area (Å²) in [5.74, 6) is 0. The van der Waals surface area contributed by atoms with Gasteiger partial charge in [0.25, 0.3) is 0 Å². The van der Waals surface area contributed by atoms with Gasteiger partial charge in [0.05, 0.1) is 4.90 Å². The molecule has 4 nitrogen and oxygen atoms in total. The van der Waals surface area contributed by atoms with Gasteiger partial charge in [0.2, 0.25) is 10.0 Å². The third-order valence-electron chi connectivity index (χ3n) is 3.20. The molecule has 5 heteroatoms. The molecule has 0 aliphatic carbocycles. The van der Waals surface area contributed by atoms with Crippen LogP contribution in [0.2, 0.25) is 0 Å². The highest BCUT2D eigenvalue weighted by Gasteiger charge is 2.13. The zero-order valence-corrected chi connectivity index (χ0v) is 11.3. The molecule has 18 heavy (non-hydrogen) atoms. The standard InChI is InChI=1S/C13H20N2O2S/c16-18(17,13-7-2-1-3-8-13)14-9-6-12-15-10-4-5-11-15/h1-3,7-8,14H,4-6,9-12H2. The molecule has 1 fully saturated rings. The molecular formula is C13H20N2O2S. The Balaban J connectivity index is 1.75. The molecule has 1 saturated heterocycles. The highest BCUT2D eigenvalue weighted by molar-refractivity contribution is 7.89. The minimum atomic E-state index is -3.32. The SMILES string of the molecule is O=S(=O)(NCCCN1CCCC1)c1ccccc1. The van der Waals surface area contributed by atoms with E-state index >= 15 is 0 Å². The number of likely N-dealkylation sites (tertiary alicyclic amines) is 1. The van der Waals surface area contributed by atoms with Gasteiger partial charge in [0.15, 0.2) is 0 Å². The molecular weight excluding hydrogens is 248 g/mol. The van der Waals surface area contributed by atoms with Crippen LogP contribution in [0.1, 0.15) is 19.3 Å². The van der Waals surface area contributed by atoms with E-state index in [-0.39, 0.29) is 0 Å². The van der Waals surface area contributed by atoms with Crippen molar-refractivity contribution >= 4 is 10.0 Å². The molecule has 0 radical (unpaired) electrons. The lowest BCUT2D eigenvalue weighted by Gasteiger charge is -2.14. The Morgan fingerprint density at radius 2 is 1.78 bits per heavy atom. The van der Waals surface area contributed by atoms with Crippen LogP contribution in [0.25, 0.3) is 0 Å². The average molecular weight is 268 g/mol. The van der Waals surface area contributed by atoms with Gasteiger partial charge in [-0.15, -0.1) is 0 Å². The molecule has 0 bridgehead atoms. The van der Waals surface area contributed by atoms with Crippen LogP contribution in [0, 0.1) is 0 Å². The van der Waals surface area contributed by atoms with Crippen molar-refractivity contribution in [2.24, 2.45) is 0 Å². The monoisotopic (exact) mass is 268 g/mol. The predicted octanol–water partition coefficient (Wildman–Crippen LogP) is 1.45. The van der Waals surface area contributed by atoms with Crippen molar-refractivity contribution in [2.75, 3.05) is 26.2 Å². The van der Waals surface area contributed by atoms with Crippen molar-refractivity contribution in [2.45, 2.75) is 24.2 Å². The Hall–Kier alpha value is -0.910. The van der Waals surface area contributed by atoms with Gasteiger partial charge in [0.1, 0.15) is 0 Å². The lowest BCUT2D eigenvalue weighted by atomic mass is 10.4. The Bertz CT molecular complexity index is 453. The van der Waals surface area contributed by atoms with E-state index in [0.717, 1.165) is 26.1 Å². The van der Waals surface area contributed by atoms with E-state index in [1.807, 2.05) is 6.07 Å². The molecule has 0 aromatic heterocycles. The van der Waals surface area contributed by atoms with Crippen LogP contribution in [0.4, 0.5) is 0 Å². The first-order chi connectivity index (χ1) is 8.68. The number of rotatable bonds is 6. The fourth-order valence-electron chi connectivity index (χ4n) is 2.20. The lowest BCUT2D eigenvalue weighted by Crippen LogP contribution is -2.28. The van der Waals surface area contributed by atoms with Gasteiger partial charge in [0, 0.05) is 6.54 Å². The van der Waals surface area contributed by atoms with Crippen molar-refractivity contribution in [3.63, 3.8) is 0 Å². The van der Waals surface area contributed by atoms with Crippen LogP contribution < -0.4 is 4.72 Å². The number of nitrogens with zero attached hydrogens (tertiary/aromatic N) is 1. The number of hydrogen-bond donors (Lipinski definition) is 1. The Labute approximate surface area is 109 Å². The summed E-state index contributed by atoms with van der Waals surface area (Å²) in [7, 11) is -3.32. The zero-order valence-electron chi connectivity index (χ0n) is 10.5. The molecule has 0 unspecified atom stereocenters. The third kappa shape index (κ3) is 3.80. The second-order valence-corrected chi connectivity index (χ2v) is 6.38. The largest absolute Gasteiger partial charge is 0.303 e. The summed E-state index contributed by atoms with van der Waals surface area (Å²) < 4.78 is 26.5. The molecule has 100 valence electrons. The summed E-state index contributed by atoms with van der Waals surface area (Å²) in [6, 6.07) is 8.51. The highest BCUT2D eigenvalue weighted by Crippen LogP contribution is 2.08. The van der Waals surface area contributed by atoms with Crippen molar-refractivity contribution in [3.05, 3.63) is 30.3 Å². The number of sulfonamides is 1. The Morgan fingerprint density at radius 3 is 2.44 bits per heavy atom. The second kappa shape index (κ2) is 6.31. The van der Waals surface area contributed by atoms with E-state index in [2.05, 4.69) is 9.62 Å². The minimum Gasteiger partial charge on any atom is -0.303 e. The smallest absolute Gasteiger partial charge is 0.240 e. The van der Waals surface area contributed by atoms with E-state index in [1.165, 1.54) is 12.8 Å². The van der Waals surface area contributed by atoms with Gasteiger partial charge >= 0.3 is 0 Å². The summed E-state index contributed by atoms with van der Waals surface area (Å²) in [5.41, 5.74) is 0. The van der Waals surface area contributed by atoms with Gasteiger partial charge in [-0.05, 0) is 51.0 Å². The topological polar surface area (TPSA) is 49.4 Å². The average Bonchev–Trinajstić information content (AvgIpc) is 2.89. The van der Waals surface area contributed by atoms with Crippen molar-refractivity contribution in [1.82, 2.24) is 9.62 Å². The van der Waals surface area contributed by atoms with Gasteiger partial charge in [-0.2, -0.15) is 0 Å². The molecule has 1 aliphatic rings. The first kappa shape index (κ1) is 13.5. The van der Waals surface area contributed by atoms with E-state index in [9.17, 15) is 8.42 Å². The van der Waals surface area contributed by atoms with Gasteiger partial charge < -0.3 is 4.90 Å². The molecule has 1 heterocycles. The van der Waals surface area contributed by atoms with Crippen LogP contribution in [0.5, 0.6) is 0 Å². The van der Waals surface area contributed by atoms with Crippen molar-refractivity contribution in [1.29, 1.82) is 0 Å². The van der Waals surface area contributed by atoms with Crippen LogP contribution in [0.15, 0.2) is 35.2 Å². The lowest BCUT2D eigenvalue weighted by molar-refractivity contribution is 0.334. The van der Waals surface area contributed by atoms with E-state index in [0.29, 0.717) is 11.4 Å². The second-order valence-electron chi connectivity index (χ2n) is 4.61. The number of nitrogens with one attached hydrogen (secondary N) is 1.